The van der Waals surface area contributed by atoms with Crippen LogP contribution in [0, 0.1) is 6.92 Å². The summed E-state index contributed by atoms with van der Waals surface area (Å²) in [5.41, 5.74) is -3.06. The Labute approximate surface area is 81.4 Å². The quantitative estimate of drug-likeness (QED) is 0.748. The molecule has 0 fully saturated rings. The van der Waals surface area contributed by atoms with Gasteiger partial charge in [-0.1, -0.05) is 0 Å². The molecule has 1 N–H and O–H groups in total. The second-order valence-electron chi connectivity index (χ2n) is 2.86. The molecule has 0 spiro atoms. The van der Waals surface area contributed by atoms with Gasteiger partial charge in [-0.05, 0) is 18.6 Å². The van der Waals surface area contributed by atoms with Crippen LogP contribution in [-0.4, -0.2) is 10.1 Å². The maximum Gasteiger partial charge on any atom is 0.433 e. The molecule has 0 unspecified atom stereocenters. The largest absolute Gasteiger partial charge is 0.506 e. The van der Waals surface area contributed by atoms with Crippen molar-refractivity contribution in [2.24, 2.45) is 0 Å². The molecule has 0 aliphatic rings. The molecule has 0 aliphatic heterocycles. The summed E-state index contributed by atoms with van der Waals surface area (Å²) in [6.07, 6.45) is -8.05. The first-order valence-electron chi connectivity index (χ1n) is 3.79. The van der Waals surface area contributed by atoms with Crippen molar-refractivity contribution in [3.8, 4) is 5.75 Å². The van der Waals surface area contributed by atoms with E-state index in [9.17, 15) is 22.0 Å². The Bertz CT molecular complexity index is 374. The van der Waals surface area contributed by atoms with Gasteiger partial charge in [0, 0.05) is 0 Å². The lowest BCUT2D eigenvalue weighted by Crippen LogP contribution is -2.12. The predicted molar refractivity (Wildman–Crippen MR) is 40.6 cm³/mol. The van der Waals surface area contributed by atoms with Gasteiger partial charge in [-0.2, -0.15) is 13.2 Å². The number of rotatable bonds is 1. The predicted octanol–water partition coefficient (Wildman–Crippen LogP) is 3.05. The zero-order valence-corrected chi connectivity index (χ0v) is 7.44. The fraction of sp³-hybridized carbons (Fsp3) is 0.375. The molecule has 0 atom stereocenters. The van der Waals surface area contributed by atoms with Gasteiger partial charge in [-0.25, -0.2) is 13.8 Å². The van der Waals surface area contributed by atoms with Crippen LogP contribution in [0.5, 0.6) is 5.75 Å². The first-order valence-corrected chi connectivity index (χ1v) is 3.79. The summed E-state index contributed by atoms with van der Waals surface area (Å²) >= 11 is 0. The molecule has 0 amide bonds. The van der Waals surface area contributed by atoms with E-state index in [1.807, 2.05) is 0 Å². The van der Waals surface area contributed by atoms with Crippen LogP contribution in [0.15, 0.2) is 6.07 Å². The highest BCUT2D eigenvalue weighted by Gasteiger charge is 2.36. The van der Waals surface area contributed by atoms with Crippen LogP contribution in [-0.2, 0) is 6.18 Å². The fourth-order valence-electron chi connectivity index (χ4n) is 1.06. The average Bonchev–Trinajstić information content (AvgIpc) is 2.00. The molecule has 1 aromatic heterocycles. The van der Waals surface area contributed by atoms with Crippen molar-refractivity contribution in [2.45, 2.75) is 19.5 Å². The fourth-order valence-corrected chi connectivity index (χ4v) is 1.06. The van der Waals surface area contributed by atoms with Crippen molar-refractivity contribution in [1.82, 2.24) is 4.98 Å². The van der Waals surface area contributed by atoms with Crippen LogP contribution in [0.3, 0.4) is 0 Å². The van der Waals surface area contributed by atoms with Gasteiger partial charge in [0.2, 0.25) is 0 Å². The topological polar surface area (TPSA) is 33.1 Å². The lowest BCUT2D eigenvalue weighted by atomic mass is 10.1. The lowest BCUT2D eigenvalue weighted by molar-refractivity contribution is -0.141. The minimum atomic E-state index is -4.80. The number of alkyl halides is 5. The molecule has 1 rings (SSSR count). The van der Waals surface area contributed by atoms with Crippen LogP contribution in [0.4, 0.5) is 22.0 Å². The van der Waals surface area contributed by atoms with Crippen molar-refractivity contribution >= 4 is 0 Å². The van der Waals surface area contributed by atoms with E-state index in [1.54, 1.807) is 0 Å². The van der Waals surface area contributed by atoms with Gasteiger partial charge >= 0.3 is 6.18 Å². The number of nitrogens with zero attached hydrogens (tertiary/aromatic N) is 1. The van der Waals surface area contributed by atoms with E-state index in [4.69, 9.17) is 5.11 Å². The number of hydrogen-bond acceptors (Lipinski definition) is 2. The van der Waals surface area contributed by atoms with Crippen LogP contribution in [0.1, 0.15) is 23.4 Å². The van der Waals surface area contributed by atoms with Crippen molar-refractivity contribution in [3.63, 3.8) is 0 Å². The number of aromatic hydroxyl groups is 1. The van der Waals surface area contributed by atoms with E-state index in [-0.39, 0.29) is 0 Å². The maximum atomic E-state index is 12.2. The summed E-state index contributed by atoms with van der Waals surface area (Å²) < 4.78 is 61.0. The molecule has 84 valence electrons. The van der Waals surface area contributed by atoms with E-state index in [0.717, 1.165) is 6.92 Å². The third kappa shape index (κ3) is 2.34. The summed E-state index contributed by atoms with van der Waals surface area (Å²) in [4.78, 5) is 2.72. The van der Waals surface area contributed by atoms with E-state index in [0.29, 0.717) is 6.07 Å². The van der Waals surface area contributed by atoms with Crippen LogP contribution in [0.25, 0.3) is 0 Å². The highest BCUT2D eigenvalue weighted by Crippen LogP contribution is 2.35. The standard InChI is InChI=1S/C8H6F5NO/c1-3-2-4(15)5(7(9)10)14-6(3)8(11,12)13/h2,7,15H,1H3. The molecule has 0 saturated carbocycles. The molecule has 0 bridgehead atoms. The molecule has 0 radical (unpaired) electrons. The molecule has 7 heteroatoms. The van der Waals surface area contributed by atoms with Crippen LogP contribution >= 0.6 is 0 Å². The second kappa shape index (κ2) is 3.63. The lowest BCUT2D eigenvalue weighted by Gasteiger charge is -2.11. The molecule has 0 saturated heterocycles. The highest BCUT2D eigenvalue weighted by molar-refractivity contribution is 5.35. The highest BCUT2D eigenvalue weighted by atomic mass is 19.4. The third-order valence-electron chi connectivity index (χ3n) is 1.70. The molecule has 0 aromatic carbocycles. The molecule has 0 aliphatic carbocycles. The molecular weight excluding hydrogens is 221 g/mol. The maximum absolute atomic E-state index is 12.2. The number of halogens is 5. The van der Waals surface area contributed by atoms with Crippen LogP contribution < -0.4 is 0 Å². The minimum absolute atomic E-state index is 0.399. The summed E-state index contributed by atoms with van der Waals surface area (Å²) in [5, 5.41) is 8.94. The van der Waals surface area contributed by atoms with Crippen molar-refractivity contribution in [3.05, 3.63) is 23.0 Å². The number of hydrogen-bond donors (Lipinski definition) is 1. The first-order chi connectivity index (χ1) is 6.73. The molecule has 15 heavy (non-hydrogen) atoms. The first kappa shape index (κ1) is 11.7. The van der Waals surface area contributed by atoms with Gasteiger partial charge in [0.05, 0.1) is 0 Å². The number of aromatic nitrogens is 1. The van der Waals surface area contributed by atoms with Crippen molar-refractivity contribution < 1.29 is 27.1 Å². The Hall–Kier alpha value is -1.40. The van der Waals surface area contributed by atoms with Gasteiger partial charge in [0.1, 0.15) is 17.1 Å². The summed E-state index contributed by atoms with van der Waals surface area (Å²) in [6.45, 7) is 1.03. The number of pyridine rings is 1. The van der Waals surface area contributed by atoms with E-state index in [1.165, 1.54) is 0 Å². The van der Waals surface area contributed by atoms with Crippen LogP contribution in [0.2, 0.25) is 0 Å². The Morgan fingerprint density at radius 1 is 1.33 bits per heavy atom. The SMILES string of the molecule is Cc1cc(O)c(C(F)F)nc1C(F)(F)F. The number of aryl methyl sites for hydroxylation is 1. The van der Waals surface area contributed by atoms with E-state index < -0.39 is 35.3 Å². The molecule has 1 heterocycles. The van der Waals surface area contributed by atoms with Gasteiger partial charge < -0.3 is 5.11 Å². The summed E-state index contributed by atoms with van der Waals surface area (Å²) in [6, 6.07) is 0.622. The van der Waals surface area contributed by atoms with Crippen molar-refractivity contribution in [2.75, 3.05) is 0 Å². The molecule has 1 aromatic rings. The third-order valence-corrected chi connectivity index (χ3v) is 1.70. The van der Waals surface area contributed by atoms with E-state index >= 15 is 0 Å². The van der Waals surface area contributed by atoms with Gasteiger partial charge in [0.25, 0.3) is 6.43 Å². The second-order valence-corrected chi connectivity index (χ2v) is 2.86. The van der Waals surface area contributed by atoms with Crippen molar-refractivity contribution in [1.29, 1.82) is 0 Å². The Morgan fingerprint density at radius 3 is 2.27 bits per heavy atom. The molecular formula is C8H6F5NO. The average molecular weight is 227 g/mol. The Balaban J connectivity index is 3.37. The molecule has 2 nitrogen and oxygen atoms in total. The monoisotopic (exact) mass is 227 g/mol. The van der Waals surface area contributed by atoms with Gasteiger partial charge in [-0.15, -0.1) is 0 Å². The van der Waals surface area contributed by atoms with E-state index in [2.05, 4.69) is 4.98 Å². The van der Waals surface area contributed by atoms with Gasteiger partial charge in [0.15, 0.2) is 0 Å². The Morgan fingerprint density at radius 2 is 1.87 bits per heavy atom. The normalized spacial score (nSPS) is 12.2. The van der Waals surface area contributed by atoms with Gasteiger partial charge in [-0.3, -0.25) is 0 Å². The zero-order chi connectivity index (χ0) is 11.8. The zero-order valence-electron chi connectivity index (χ0n) is 7.44. The minimum Gasteiger partial charge on any atom is -0.506 e. The summed E-state index contributed by atoms with van der Waals surface area (Å²) in [7, 11) is 0. The Kier molecular flexibility index (Phi) is 2.83. The summed E-state index contributed by atoms with van der Waals surface area (Å²) in [5.74, 6) is -0.935. The smallest absolute Gasteiger partial charge is 0.433 e.